The summed E-state index contributed by atoms with van der Waals surface area (Å²) in [5.41, 5.74) is 1.38. The van der Waals surface area contributed by atoms with E-state index in [-0.39, 0.29) is 11.5 Å². The Bertz CT molecular complexity index is 735. The number of benzene rings is 1. The number of amidine groups is 1. The van der Waals surface area contributed by atoms with Crippen molar-refractivity contribution < 1.29 is 14.2 Å². The first-order valence-corrected chi connectivity index (χ1v) is 5.60. The molecule has 0 aliphatic heterocycles. The summed E-state index contributed by atoms with van der Waals surface area (Å²) in [7, 11) is 0. The molecule has 0 atom stereocenters. The maximum absolute atomic E-state index is 9.33. The quantitative estimate of drug-likeness (QED) is 0.491. The number of hydrogen-bond donors (Lipinski definition) is 3. The van der Waals surface area contributed by atoms with Crippen LogP contribution in [0.1, 0.15) is 5.69 Å². The molecule has 0 amide bonds. The molecule has 0 aliphatic carbocycles. The molecule has 0 radical (unpaired) electrons. The summed E-state index contributed by atoms with van der Waals surface area (Å²) in [5.74, 6) is 0.0542. The fraction of sp³-hybridized carbons (Fsp3) is 0. The summed E-state index contributed by atoms with van der Waals surface area (Å²) in [6.07, 6.45) is 2.94. The first-order valence-electron chi connectivity index (χ1n) is 5.60. The van der Waals surface area contributed by atoms with Gasteiger partial charge in [0.25, 0.3) is 5.88 Å². The van der Waals surface area contributed by atoms with E-state index in [0.29, 0.717) is 11.4 Å². The standard InChI is InChI=1S/C12H9N5O3/c13-11(10-12(18)17-20-16-10)15-8-3-1-2-7(4-8)9-5-14-6-19-9/h1-6H,(H2,13,15)(H,17,18). The molecule has 0 saturated heterocycles. The number of aromatic hydroxyl groups is 1. The molecule has 0 aliphatic rings. The van der Waals surface area contributed by atoms with Crippen LogP contribution in [-0.2, 0) is 0 Å². The van der Waals surface area contributed by atoms with Gasteiger partial charge in [0.05, 0.1) is 6.20 Å². The first kappa shape index (κ1) is 11.9. The van der Waals surface area contributed by atoms with E-state index in [9.17, 15) is 5.11 Å². The highest BCUT2D eigenvalue weighted by Crippen LogP contribution is 2.22. The Labute approximate surface area is 112 Å². The summed E-state index contributed by atoms with van der Waals surface area (Å²) in [5, 5.41) is 26.6. The maximum Gasteiger partial charge on any atom is 0.284 e. The van der Waals surface area contributed by atoms with Crippen molar-refractivity contribution >= 4 is 11.5 Å². The van der Waals surface area contributed by atoms with Gasteiger partial charge in [0.2, 0.25) is 5.69 Å². The van der Waals surface area contributed by atoms with Gasteiger partial charge in [-0.15, -0.1) is 0 Å². The molecule has 3 aromatic rings. The minimum absolute atomic E-state index is 0.0601. The van der Waals surface area contributed by atoms with Crippen molar-refractivity contribution in [3.05, 3.63) is 42.5 Å². The fourth-order valence-corrected chi connectivity index (χ4v) is 1.65. The van der Waals surface area contributed by atoms with Gasteiger partial charge in [0.15, 0.2) is 18.0 Å². The second kappa shape index (κ2) is 4.84. The lowest BCUT2D eigenvalue weighted by Gasteiger charge is -2.06. The molecule has 20 heavy (non-hydrogen) atoms. The van der Waals surface area contributed by atoms with E-state index in [1.54, 1.807) is 24.4 Å². The SMILES string of the molecule is N=C(Nc1cccc(-c2cnco2)c1)c1nonc1O. The van der Waals surface area contributed by atoms with E-state index in [0.717, 1.165) is 5.56 Å². The third kappa shape index (κ3) is 2.21. The number of anilines is 1. The number of hydrogen-bond acceptors (Lipinski definition) is 7. The number of nitrogens with one attached hydrogen (secondary N) is 2. The molecule has 100 valence electrons. The van der Waals surface area contributed by atoms with Crippen LogP contribution in [0.15, 0.2) is 45.9 Å². The lowest BCUT2D eigenvalue weighted by atomic mass is 10.1. The van der Waals surface area contributed by atoms with Gasteiger partial charge >= 0.3 is 0 Å². The zero-order valence-corrected chi connectivity index (χ0v) is 10.1. The maximum atomic E-state index is 9.33. The molecular formula is C12H9N5O3. The van der Waals surface area contributed by atoms with Crippen LogP contribution >= 0.6 is 0 Å². The Morgan fingerprint density at radius 3 is 2.90 bits per heavy atom. The van der Waals surface area contributed by atoms with Gasteiger partial charge in [-0.2, -0.15) is 0 Å². The number of rotatable bonds is 3. The summed E-state index contributed by atoms with van der Waals surface area (Å²) in [6, 6.07) is 7.19. The lowest BCUT2D eigenvalue weighted by Crippen LogP contribution is -2.12. The van der Waals surface area contributed by atoms with E-state index < -0.39 is 5.88 Å². The van der Waals surface area contributed by atoms with Gasteiger partial charge in [0.1, 0.15) is 0 Å². The molecule has 2 aromatic heterocycles. The smallest absolute Gasteiger partial charge is 0.284 e. The van der Waals surface area contributed by atoms with E-state index in [4.69, 9.17) is 9.83 Å². The molecule has 2 heterocycles. The van der Waals surface area contributed by atoms with Gasteiger partial charge in [0, 0.05) is 11.3 Å². The third-order valence-electron chi connectivity index (χ3n) is 2.56. The molecule has 3 rings (SSSR count). The Hall–Kier alpha value is -3.16. The predicted molar refractivity (Wildman–Crippen MR) is 68.4 cm³/mol. The molecule has 0 bridgehead atoms. The predicted octanol–water partition coefficient (Wildman–Crippen LogP) is 1.87. The minimum Gasteiger partial charge on any atom is -0.489 e. The van der Waals surface area contributed by atoms with Gasteiger partial charge in [-0.3, -0.25) is 5.41 Å². The largest absolute Gasteiger partial charge is 0.489 e. The van der Waals surface area contributed by atoms with Crippen molar-refractivity contribution in [1.29, 1.82) is 5.41 Å². The zero-order valence-electron chi connectivity index (χ0n) is 10.1. The normalized spacial score (nSPS) is 10.4. The van der Waals surface area contributed by atoms with Crippen LogP contribution in [0.3, 0.4) is 0 Å². The van der Waals surface area contributed by atoms with Crippen molar-refractivity contribution in [1.82, 2.24) is 15.3 Å². The van der Waals surface area contributed by atoms with Gasteiger partial charge in [-0.25, -0.2) is 9.61 Å². The second-order valence-electron chi connectivity index (χ2n) is 3.88. The monoisotopic (exact) mass is 271 g/mol. The molecule has 0 saturated carbocycles. The molecule has 8 nitrogen and oxygen atoms in total. The highest BCUT2D eigenvalue weighted by Gasteiger charge is 2.14. The van der Waals surface area contributed by atoms with E-state index in [1.165, 1.54) is 6.39 Å². The molecule has 0 fully saturated rings. The van der Waals surface area contributed by atoms with Crippen LogP contribution in [0.4, 0.5) is 5.69 Å². The highest BCUT2D eigenvalue weighted by atomic mass is 16.6. The second-order valence-corrected chi connectivity index (χ2v) is 3.88. The van der Waals surface area contributed by atoms with Crippen LogP contribution in [0.2, 0.25) is 0 Å². The first-order chi connectivity index (χ1) is 9.74. The van der Waals surface area contributed by atoms with Crippen LogP contribution in [-0.4, -0.2) is 26.2 Å². The van der Waals surface area contributed by atoms with Gasteiger partial charge in [-0.05, 0) is 22.4 Å². The lowest BCUT2D eigenvalue weighted by molar-refractivity contribution is 0.286. The Balaban J connectivity index is 1.83. The number of oxazole rings is 1. The molecule has 3 N–H and O–H groups in total. The molecular weight excluding hydrogens is 262 g/mol. The average Bonchev–Trinajstić information content (AvgIpc) is 3.09. The summed E-state index contributed by atoms with van der Waals surface area (Å²) in [4.78, 5) is 3.85. The Morgan fingerprint density at radius 2 is 2.20 bits per heavy atom. The highest BCUT2D eigenvalue weighted by molar-refractivity contribution is 6.06. The minimum atomic E-state index is -0.436. The van der Waals surface area contributed by atoms with E-state index in [1.807, 2.05) is 6.07 Å². The average molecular weight is 271 g/mol. The number of aromatic nitrogens is 3. The van der Waals surface area contributed by atoms with Crippen LogP contribution in [0.5, 0.6) is 5.88 Å². The topological polar surface area (TPSA) is 121 Å². The van der Waals surface area contributed by atoms with Crippen LogP contribution < -0.4 is 5.32 Å². The Kier molecular flexibility index (Phi) is 2.88. The third-order valence-corrected chi connectivity index (χ3v) is 2.56. The van der Waals surface area contributed by atoms with Crippen molar-refractivity contribution in [2.45, 2.75) is 0 Å². The van der Waals surface area contributed by atoms with Crippen LogP contribution in [0.25, 0.3) is 11.3 Å². The fourth-order valence-electron chi connectivity index (χ4n) is 1.65. The van der Waals surface area contributed by atoms with Gasteiger partial charge < -0.3 is 14.8 Å². The van der Waals surface area contributed by atoms with Crippen LogP contribution in [0, 0.1) is 5.41 Å². The van der Waals surface area contributed by atoms with Crippen molar-refractivity contribution in [3.63, 3.8) is 0 Å². The van der Waals surface area contributed by atoms with Crippen molar-refractivity contribution in [2.75, 3.05) is 5.32 Å². The molecule has 0 spiro atoms. The van der Waals surface area contributed by atoms with Crippen molar-refractivity contribution in [3.8, 4) is 17.2 Å². The number of nitrogens with zero attached hydrogens (tertiary/aromatic N) is 3. The van der Waals surface area contributed by atoms with E-state index in [2.05, 4.69) is 25.2 Å². The summed E-state index contributed by atoms with van der Waals surface area (Å²) < 4.78 is 9.53. The molecule has 0 unspecified atom stereocenters. The van der Waals surface area contributed by atoms with Gasteiger partial charge in [-0.1, -0.05) is 12.1 Å². The van der Waals surface area contributed by atoms with E-state index >= 15 is 0 Å². The Morgan fingerprint density at radius 1 is 1.30 bits per heavy atom. The molecule has 1 aromatic carbocycles. The molecule has 8 heteroatoms. The van der Waals surface area contributed by atoms with Crippen molar-refractivity contribution in [2.24, 2.45) is 0 Å². The zero-order chi connectivity index (χ0) is 13.9. The summed E-state index contributed by atoms with van der Waals surface area (Å²) >= 11 is 0. The summed E-state index contributed by atoms with van der Waals surface area (Å²) in [6.45, 7) is 0.